The Balaban J connectivity index is 2.08. The van der Waals surface area contributed by atoms with Crippen LogP contribution in [0.25, 0.3) is 0 Å². The number of nitrogens with two attached hydrogens (primary N) is 1. The highest BCUT2D eigenvalue weighted by Gasteiger charge is 2.20. The monoisotopic (exact) mass is 386 g/mol. The molecule has 0 aliphatic heterocycles. The molecule has 10 heteroatoms. The van der Waals surface area contributed by atoms with E-state index in [-0.39, 0.29) is 23.7 Å². The summed E-state index contributed by atoms with van der Waals surface area (Å²) in [6.07, 6.45) is 0. The summed E-state index contributed by atoms with van der Waals surface area (Å²) in [6.45, 7) is -0.0737. The fourth-order valence-electron chi connectivity index (χ4n) is 1.73. The number of nitrogens with zero attached hydrogens (tertiary/aromatic N) is 1. The van der Waals surface area contributed by atoms with E-state index < -0.39 is 11.9 Å². The first-order chi connectivity index (χ1) is 11.5. The van der Waals surface area contributed by atoms with Crippen LogP contribution < -0.4 is 16.4 Å². The van der Waals surface area contributed by atoms with Crippen LogP contribution in [0.2, 0.25) is 5.02 Å². The molecule has 0 bridgehead atoms. The van der Waals surface area contributed by atoms with E-state index in [1.807, 2.05) is 12.1 Å². The number of nitrogens with one attached hydrogen (secondary N) is 2. The molecule has 1 heterocycles. The van der Waals surface area contributed by atoms with E-state index in [1.54, 1.807) is 12.1 Å². The molecular formula is C14H15ClN4O3S2. The highest BCUT2D eigenvalue weighted by Crippen LogP contribution is 2.33. The molecule has 128 valence electrons. The number of hydrogen-bond donors (Lipinski definition) is 4. The van der Waals surface area contributed by atoms with Crippen LogP contribution in [-0.2, 0) is 5.75 Å². The lowest BCUT2D eigenvalue weighted by Crippen LogP contribution is -2.31. The second-order valence-corrected chi connectivity index (χ2v) is 6.75. The molecule has 1 aromatic heterocycles. The lowest BCUT2D eigenvalue weighted by atomic mass is 10.2. The summed E-state index contributed by atoms with van der Waals surface area (Å²) in [4.78, 5) is 23.3. The summed E-state index contributed by atoms with van der Waals surface area (Å²) in [5, 5.41) is 15.0. The van der Waals surface area contributed by atoms with Gasteiger partial charge in [-0.1, -0.05) is 35.5 Å². The Kier molecular flexibility index (Phi) is 6.85. The number of aliphatic hydroxyl groups is 1. The minimum Gasteiger partial charge on any atom is -0.395 e. The van der Waals surface area contributed by atoms with Crippen LogP contribution in [-0.4, -0.2) is 34.6 Å². The Labute approximate surface area is 151 Å². The number of benzene rings is 1. The summed E-state index contributed by atoms with van der Waals surface area (Å²) >= 11 is 8.16. The van der Waals surface area contributed by atoms with Gasteiger partial charge in [-0.05, 0) is 29.2 Å². The Morgan fingerprint density at radius 3 is 2.67 bits per heavy atom. The van der Waals surface area contributed by atoms with Crippen molar-refractivity contribution < 1.29 is 14.7 Å². The van der Waals surface area contributed by atoms with Gasteiger partial charge in [0.25, 0.3) is 5.91 Å². The predicted octanol–water partition coefficient (Wildman–Crippen LogP) is 2.30. The van der Waals surface area contributed by atoms with Gasteiger partial charge < -0.3 is 16.2 Å². The van der Waals surface area contributed by atoms with Crippen LogP contribution in [0, 0.1) is 0 Å². The molecule has 0 radical (unpaired) electrons. The molecule has 2 rings (SSSR count). The lowest BCUT2D eigenvalue weighted by molar-refractivity contribution is 0.0998. The van der Waals surface area contributed by atoms with E-state index in [0.717, 1.165) is 17.1 Å². The highest BCUT2D eigenvalue weighted by atomic mass is 35.5. The molecule has 0 atom stereocenters. The van der Waals surface area contributed by atoms with Gasteiger partial charge >= 0.3 is 6.03 Å². The fraction of sp³-hybridized carbons (Fsp3) is 0.214. The molecule has 0 aliphatic rings. The van der Waals surface area contributed by atoms with Gasteiger partial charge in [-0.25, -0.2) is 4.79 Å². The number of halogens is 1. The van der Waals surface area contributed by atoms with Crippen molar-refractivity contribution in [2.75, 3.05) is 18.5 Å². The van der Waals surface area contributed by atoms with E-state index in [1.165, 1.54) is 11.8 Å². The molecule has 5 N–H and O–H groups in total. The van der Waals surface area contributed by atoms with Gasteiger partial charge in [-0.2, -0.15) is 4.37 Å². The Morgan fingerprint density at radius 2 is 2.04 bits per heavy atom. The van der Waals surface area contributed by atoms with Gasteiger partial charge in [0.15, 0.2) is 0 Å². The van der Waals surface area contributed by atoms with E-state index in [2.05, 4.69) is 15.0 Å². The molecule has 0 aliphatic carbocycles. The summed E-state index contributed by atoms with van der Waals surface area (Å²) in [5.74, 6) is -0.0862. The fourth-order valence-corrected chi connectivity index (χ4v) is 3.77. The van der Waals surface area contributed by atoms with Crippen molar-refractivity contribution in [2.24, 2.45) is 5.73 Å². The third kappa shape index (κ3) is 5.10. The Hall–Kier alpha value is -1.81. The van der Waals surface area contributed by atoms with E-state index in [0.29, 0.717) is 15.8 Å². The number of carbonyl (C=O) groups excluding carboxylic acids is 2. The highest BCUT2D eigenvalue weighted by molar-refractivity contribution is 7.98. The minimum atomic E-state index is -0.667. The van der Waals surface area contributed by atoms with E-state index >= 15 is 0 Å². The first-order valence-electron chi connectivity index (χ1n) is 6.83. The standard InChI is InChI=1S/C14H15ClN4O3S2/c15-9-3-1-8(2-4-9)7-23-13-10(11(16)21)12(24-19-13)18-14(22)17-5-6-20/h1-4,20H,5-7H2,(H2,16,21)(H2,17,18,22). The number of amides is 3. The summed E-state index contributed by atoms with van der Waals surface area (Å²) < 4.78 is 4.19. The molecule has 3 amide bonds. The number of urea groups is 1. The second-order valence-electron chi connectivity index (χ2n) is 4.58. The first kappa shape index (κ1) is 18.5. The summed E-state index contributed by atoms with van der Waals surface area (Å²) in [7, 11) is 0. The van der Waals surface area contributed by atoms with Gasteiger partial charge in [0, 0.05) is 17.3 Å². The second kappa shape index (κ2) is 8.88. The largest absolute Gasteiger partial charge is 0.395 e. The van der Waals surface area contributed by atoms with Crippen molar-refractivity contribution in [1.82, 2.24) is 9.69 Å². The zero-order valence-corrected chi connectivity index (χ0v) is 14.8. The van der Waals surface area contributed by atoms with Crippen LogP contribution in [0.3, 0.4) is 0 Å². The molecular weight excluding hydrogens is 372 g/mol. The maximum Gasteiger partial charge on any atom is 0.319 e. The first-order valence-corrected chi connectivity index (χ1v) is 8.97. The third-order valence-corrected chi connectivity index (χ3v) is 5.00. The number of rotatable bonds is 7. The normalized spacial score (nSPS) is 10.4. The molecule has 0 spiro atoms. The van der Waals surface area contributed by atoms with Crippen molar-refractivity contribution in [1.29, 1.82) is 0 Å². The Morgan fingerprint density at radius 1 is 1.33 bits per heavy atom. The van der Waals surface area contributed by atoms with Crippen LogP contribution in [0.4, 0.5) is 9.80 Å². The molecule has 0 unspecified atom stereocenters. The number of aromatic nitrogens is 1. The zero-order chi connectivity index (χ0) is 17.5. The number of carbonyl (C=O) groups is 2. The average Bonchev–Trinajstić information content (AvgIpc) is 2.95. The number of hydrogen-bond acceptors (Lipinski definition) is 6. The van der Waals surface area contributed by atoms with E-state index in [9.17, 15) is 9.59 Å². The van der Waals surface area contributed by atoms with Gasteiger partial charge in [0.1, 0.15) is 15.6 Å². The lowest BCUT2D eigenvalue weighted by Gasteiger charge is -2.06. The van der Waals surface area contributed by atoms with Crippen LogP contribution in [0.15, 0.2) is 29.3 Å². The van der Waals surface area contributed by atoms with Crippen molar-refractivity contribution in [3.63, 3.8) is 0 Å². The smallest absolute Gasteiger partial charge is 0.319 e. The molecule has 24 heavy (non-hydrogen) atoms. The number of thioether (sulfide) groups is 1. The minimum absolute atomic E-state index is 0.106. The van der Waals surface area contributed by atoms with Crippen LogP contribution in [0.5, 0.6) is 0 Å². The Bertz CT molecular complexity index is 721. The maximum absolute atomic E-state index is 11.7. The van der Waals surface area contributed by atoms with Crippen molar-refractivity contribution in [3.8, 4) is 0 Å². The molecule has 0 saturated carbocycles. The van der Waals surface area contributed by atoms with Gasteiger partial charge in [0.2, 0.25) is 0 Å². The predicted molar refractivity (Wildman–Crippen MR) is 95.8 cm³/mol. The molecule has 0 fully saturated rings. The number of aliphatic hydroxyl groups excluding tert-OH is 1. The topological polar surface area (TPSA) is 117 Å². The summed E-state index contributed by atoms with van der Waals surface area (Å²) in [6, 6.07) is 6.79. The van der Waals surface area contributed by atoms with Gasteiger partial charge in [-0.15, -0.1) is 0 Å². The van der Waals surface area contributed by atoms with Crippen molar-refractivity contribution >= 4 is 51.8 Å². The van der Waals surface area contributed by atoms with Gasteiger partial charge in [0.05, 0.1) is 6.61 Å². The van der Waals surface area contributed by atoms with Crippen molar-refractivity contribution in [2.45, 2.75) is 10.8 Å². The quantitative estimate of drug-likeness (QED) is 0.544. The van der Waals surface area contributed by atoms with Crippen molar-refractivity contribution in [3.05, 3.63) is 40.4 Å². The van der Waals surface area contributed by atoms with Gasteiger partial charge in [-0.3, -0.25) is 10.1 Å². The molecule has 7 nitrogen and oxygen atoms in total. The molecule has 2 aromatic rings. The average molecular weight is 387 g/mol. The third-order valence-electron chi connectivity index (χ3n) is 2.82. The molecule has 1 aromatic carbocycles. The maximum atomic E-state index is 11.7. The number of primary amides is 1. The van der Waals surface area contributed by atoms with Crippen LogP contribution >= 0.6 is 34.9 Å². The number of anilines is 1. The zero-order valence-electron chi connectivity index (χ0n) is 12.4. The SMILES string of the molecule is NC(=O)c1c(SCc2ccc(Cl)cc2)nsc1NC(=O)NCCO. The van der Waals surface area contributed by atoms with Crippen LogP contribution in [0.1, 0.15) is 15.9 Å². The molecule has 0 saturated heterocycles. The summed E-state index contributed by atoms with van der Waals surface area (Å²) in [5.41, 5.74) is 6.61. The van der Waals surface area contributed by atoms with E-state index in [4.69, 9.17) is 22.4 Å².